The van der Waals surface area contributed by atoms with Gasteiger partial charge in [0.1, 0.15) is 17.6 Å². The maximum Gasteiger partial charge on any atom is 0.200 e. The summed E-state index contributed by atoms with van der Waals surface area (Å²) in [5.74, 6) is 0.543. The molecule has 2 aliphatic heterocycles. The van der Waals surface area contributed by atoms with E-state index in [0.717, 1.165) is 18.4 Å². The van der Waals surface area contributed by atoms with E-state index in [1.807, 2.05) is 6.92 Å². The number of phenols is 1. The number of aromatic hydroxyl groups is 1. The number of nitriles is 1. The van der Waals surface area contributed by atoms with E-state index in [-0.39, 0.29) is 35.7 Å². The molecule has 7 nitrogen and oxygen atoms in total. The van der Waals surface area contributed by atoms with Gasteiger partial charge in [0.2, 0.25) is 5.88 Å². The minimum absolute atomic E-state index is 0.00866. The second kappa shape index (κ2) is 7.21. The summed E-state index contributed by atoms with van der Waals surface area (Å²) >= 11 is 0. The van der Waals surface area contributed by atoms with Crippen LogP contribution in [0.25, 0.3) is 0 Å². The molecule has 0 amide bonds. The Hall–Kier alpha value is -2.43. The highest BCUT2D eigenvalue weighted by atomic mass is 16.5. The molecule has 0 bridgehead atoms. The highest BCUT2D eigenvalue weighted by Gasteiger charge is 2.49. The number of rotatable bonds is 5. The normalized spacial score (nSPS) is 28.2. The monoisotopic (exact) mass is 344 g/mol. The van der Waals surface area contributed by atoms with E-state index in [2.05, 4.69) is 23.8 Å². The maximum absolute atomic E-state index is 9.83. The average molecular weight is 344 g/mol. The van der Waals surface area contributed by atoms with Crippen molar-refractivity contribution in [1.29, 1.82) is 5.26 Å². The molecule has 134 valence electrons. The summed E-state index contributed by atoms with van der Waals surface area (Å²) in [5, 5.41) is 19.5. The van der Waals surface area contributed by atoms with Crippen molar-refractivity contribution in [3.63, 3.8) is 0 Å². The molecule has 0 spiro atoms. The first-order valence-electron chi connectivity index (χ1n) is 8.63. The van der Waals surface area contributed by atoms with Gasteiger partial charge in [0.15, 0.2) is 6.23 Å². The first-order valence-corrected chi connectivity index (χ1v) is 8.63. The SMILES string of the molecule is CCCC1NNC2OC(N)=C(C#N)C(c3ccc(O)cc3OCC)C12. The van der Waals surface area contributed by atoms with Gasteiger partial charge < -0.3 is 20.3 Å². The fourth-order valence-corrected chi connectivity index (χ4v) is 3.78. The zero-order valence-corrected chi connectivity index (χ0v) is 14.5. The van der Waals surface area contributed by atoms with Crippen molar-refractivity contribution in [3.05, 3.63) is 35.2 Å². The van der Waals surface area contributed by atoms with Crippen LogP contribution in [0.4, 0.5) is 0 Å². The van der Waals surface area contributed by atoms with Crippen LogP contribution in [0.3, 0.4) is 0 Å². The molecule has 4 unspecified atom stereocenters. The van der Waals surface area contributed by atoms with E-state index in [0.29, 0.717) is 17.9 Å². The van der Waals surface area contributed by atoms with E-state index in [1.54, 1.807) is 18.2 Å². The lowest BCUT2D eigenvalue weighted by atomic mass is 9.74. The second-order valence-corrected chi connectivity index (χ2v) is 6.32. The predicted octanol–water partition coefficient (Wildman–Crippen LogP) is 1.82. The third-order valence-electron chi connectivity index (χ3n) is 4.79. The summed E-state index contributed by atoms with van der Waals surface area (Å²) < 4.78 is 11.5. The molecule has 7 heteroatoms. The number of fused-ring (bicyclic) bond motifs is 1. The molecule has 5 N–H and O–H groups in total. The standard InChI is InChI=1S/C18H24N4O3/c1-3-5-13-16-15(11-7-6-10(23)8-14(11)24-4-2)12(9-19)17(20)25-18(16)22-21-13/h6-8,13,15-16,18,21-23H,3-5,20H2,1-2H3. The van der Waals surface area contributed by atoms with E-state index in [9.17, 15) is 10.4 Å². The molecule has 0 radical (unpaired) electrons. The number of hydrogen-bond acceptors (Lipinski definition) is 7. The van der Waals surface area contributed by atoms with Crippen molar-refractivity contribution in [3.8, 4) is 17.6 Å². The van der Waals surface area contributed by atoms with Crippen LogP contribution in [-0.2, 0) is 4.74 Å². The Balaban J connectivity index is 2.12. The number of hydrogen-bond donors (Lipinski definition) is 4. The summed E-state index contributed by atoms with van der Waals surface area (Å²) in [7, 11) is 0. The Morgan fingerprint density at radius 3 is 2.84 bits per heavy atom. The Morgan fingerprint density at radius 1 is 1.36 bits per heavy atom. The maximum atomic E-state index is 9.83. The molecule has 0 aliphatic carbocycles. The highest BCUT2D eigenvalue weighted by molar-refractivity contribution is 5.50. The molecule has 2 aliphatic rings. The minimum atomic E-state index is -0.318. The summed E-state index contributed by atoms with van der Waals surface area (Å²) in [5.41, 5.74) is 13.7. The van der Waals surface area contributed by atoms with Gasteiger partial charge in [-0.25, -0.2) is 5.43 Å². The fraction of sp³-hybridized carbons (Fsp3) is 0.500. The molecule has 4 atom stereocenters. The number of benzene rings is 1. The van der Waals surface area contributed by atoms with Gasteiger partial charge in [-0.3, -0.25) is 5.43 Å². The summed E-state index contributed by atoms with van der Waals surface area (Å²) in [6.07, 6.45) is 1.63. The minimum Gasteiger partial charge on any atom is -0.508 e. The third-order valence-corrected chi connectivity index (χ3v) is 4.79. The Kier molecular flexibility index (Phi) is 5.02. The molecule has 1 fully saturated rings. The number of hydrazine groups is 1. The summed E-state index contributed by atoms with van der Waals surface area (Å²) in [6.45, 7) is 4.47. The number of ether oxygens (including phenoxy) is 2. The van der Waals surface area contributed by atoms with Crippen molar-refractivity contribution in [2.75, 3.05) is 6.61 Å². The highest BCUT2D eigenvalue weighted by Crippen LogP contribution is 2.46. The summed E-state index contributed by atoms with van der Waals surface area (Å²) in [6, 6.07) is 7.35. The van der Waals surface area contributed by atoms with Crippen LogP contribution in [0, 0.1) is 17.2 Å². The van der Waals surface area contributed by atoms with Gasteiger partial charge in [-0.2, -0.15) is 5.26 Å². The first-order chi connectivity index (χ1) is 12.1. The van der Waals surface area contributed by atoms with Gasteiger partial charge in [0, 0.05) is 29.5 Å². The Morgan fingerprint density at radius 2 is 2.16 bits per heavy atom. The lowest BCUT2D eigenvalue weighted by molar-refractivity contribution is 0.0333. The van der Waals surface area contributed by atoms with Gasteiger partial charge in [0.25, 0.3) is 0 Å². The molecule has 1 aromatic carbocycles. The second-order valence-electron chi connectivity index (χ2n) is 6.32. The van der Waals surface area contributed by atoms with Crippen molar-refractivity contribution >= 4 is 0 Å². The largest absolute Gasteiger partial charge is 0.508 e. The van der Waals surface area contributed by atoms with Crippen molar-refractivity contribution in [2.45, 2.75) is 44.9 Å². The van der Waals surface area contributed by atoms with Crippen LogP contribution in [0.1, 0.15) is 38.2 Å². The fourth-order valence-electron chi connectivity index (χ4n) is 3.78. The lowest BCUT2D eigenvalue weighted by Gasteiger charge is -2.36. The molecule has 0 aromatic heterocycles. The zero-order chi connectivity index (χ0) is 18.0. The number of phenolic OH excluding ortho intramolecular Hbond substituents is 1. The van der Waals surface area contributed by atoms with Gasteiger partial charge in [-0.15, -0.1) is 0 Å². The molecule has 1 saturated heterocycles. The van der Waals surface area contributed by atoms with Crippen LogP contribution in [0.15, 0.2) is 29.7 Å². The summed E-state index contributed by atoms with van der Waals surface area (Å²) in [4.78, 5) is 0. The van der Waals surface area contributed by atoms with Crippen molar-refractivity contribution < 1.29 is 14.6 Å². The van der Waals surface area contributed by atoms with E-state index >= 15 is 0 Å². The number of nitrogens with one attached hydrogen (secondary N) is 2. The molecule has 2 heterocycles. The Bertz CT molecular complexity index is 713. The van der Waals surface area contributed by atoms with Crippen LogP contribution < -0.4 is 21.3 Å². The Labute approximate surface area is 147 Å². The zero-order valence-electron chi connectivity index (χ0n) is 14.5. The van der Waals surface area contributed by atoms with Crippen LogP contribution in [-0.4, -0.2) is 24.0 Å². The molecular formula is C18H24N4O3. The van der Waals surface area contributed by atoms with Crippen molar-refractivity contribution in [1.82, 2.24) is 10.9 Å². The molecule has 25 heavy (non-hydrogen) atoms. The molecule has 1 aromatic rings. The quantitative estimate of drug-likeness (QED) is 0.644. The van der Waals surface area contributed by atoms with Gasteiger partial charge in [-0.1, -0.05) is 19.4 Å². The van der Waals surface area contributed by atoms with Crippen LogP contribution >= 0.6 is 0 Å². The molecular weight excluding hydrogens is 320 g/mol. The van der Waals surface area contributed by atoms with Gasteiger partial charge >= 0.3 is 0 Å². The van der Waals surface area contributed by atoms with Gasteiger partial charge in [0.05, 0.1) is 12.2 Å². The average Bonchev–Trinajstić information content (AvgIpc) is 2.97. The van der Waals surface area contributed by atoms with Crippen LogP contribution in [0.5, 0.6) is 11.5 Å². The number of allylic oxidation sites excluding steroid dienone is 1. The predicted molar refractivity (Wildman–Crippen MR) is 92.2 cm³/mol. The van der Waals surface area contributed by atoms with E-state index in [4.69, 9.17) is 15.2 Å². The molecule has 0 saturated carbocycles. The number of nitrogens with zero attached hydrogens (tertiary/aromatic N) is 1. The molecule has 3 rings (SSSR count). The first kappa shape index (κ1) is 17.4. The topological polar surface area (TPSA) is 113 Å². The van der Waals surface area contributed by atoms with E-state index < -0.39 is 0 Å². The third kappa shape index (κ3) is 3.11. The lowest BCUT2D eigenvalue weighted by Crippen LogP contribution is -2.41. The van der Waals surface area contributed by atoms with Crippen molar-refractivity contribution in [2.24, 2.45) is 11.7 Å². The number of nitrogens with two attached hydrogens (primary N) is 1. The smallest absolute Gasteiger partial charge is 0.200 e. The van der Waals surface area contributed by atoms with E-state index in [1.165, 1.54) is 0 Å². The van der Waals surface area contributed by atoms with Gasteiger partial charge in [-0.05, 0) is 19.4 Å². The van der Waals surface area contributed by atoms with Crippen LogP contribution in [0.2, 0.25) is 0 Å².